The average Bonchev–Trinajstić information content (AvgIpc) is 3.27. The Morgan fingerprint density at radius 3 is 2.66 bits per heavy atom. The zero-order valence-electron chi connectivity index (χ0n) is 20.8. The molecule has 2 heterocycles. The Kier molecular flexibility index (Phi) is 7.63. The van der Waals surface area contributed by atoms with E-state index in [-0.39, 0.29) is 46.2 Å². The van der Waals surface area contributed by atoms with Gasteiger partial charge in [-0.3, -0.25) is 9.36 Å². The van der Waals surface area contributed by atoms with Gasteiger partial charge in [-0.25, -0.2) is 14.4 Å². The van der Waals surface area contributed by atoms with Gasteiger partial charge in [0.15, 0.2) is 5.65 Å². The van der Waals surface area contributed by atoms with Crippen molar-refractivity contribution in [3.05, 3.63) is 34.7 Å². The van der Waals surface area contributed by atoms with Crippen LogP contribution in [0.15, 0.2) is 18.3 Å². The summed E-state index contributed by atoms with van der Waals surface area (Å²) in [5.74, 6) is -0.280. The molecule has 2 atom stereocenters. The van der Waals surface area contributed by atoms with Crippen molar-refractivity contribution >= 4 is 46.3 Å². The van der Waals surface area contributed by atoms with Gasteiger partial charge in [0, 0.05) is 24.4 Å². The minimum absolute atomic E-state index is 0.00522. The summed E-state index contributed by atoms with van der Waals surface area (Å²) in [7, 11) is 0. The van der Waals surface area contributed by atoms with Gasteiger partial charge in [0.2, 0.25) is 17.8 Å². The molecule has 2 aliphatic carbocycles. The first-order valence-electron chi connectivity index (χ1n) is 13.0. The number of fused-ring (bicyclic) bond motifs is 1. The summed E-state index contributed by atoms with van der Waals surface area (Å²) in [6, 6.07) is 4.32. The Morgan fingerprint density at radius 2 is 1.97 bits per heavy atom. The molecule has 2 aliphatic rings. The van der Waals surface area contributed by atoms with Gasteiger partial charge in [0.25, 0.3) is 0 Å². The molecule has 2 aromatic heterocycles. The van der Waals surface area contributed by atoms with E-state index in [0.717, 1.165) is 31.7 Å². The van der Waals surface area contributed by atoms with Crippen LogP contribution in [0.5, 0.6) is 0 Å². The highest BCUT2D eigenvalue weighted by Crippen LogP contribution is 2.38. The third kappa shape index (κ3) is 5.37. The number of rotatable bonds is 7. The largest absolute Gasteiger partial charge is 0.393 e. The number of hydrogen-bond acceptors (Lipinski definition) is 8. The van der Waals surface area contributed by atoms with Crippen LogP contribution in [0, 0.1) is 29.0 Å². The second-order valence-electron chi connectivity index (χ2n) is 10.2. The van der Waals surface area contributed by atoms with E-state index in [1.807, 2.05) is 10.6 Å². The number of aliphatic hydroxyl groups is 1. The zero-order valence-corrected chi connectivity index (χ0v) is 21.6. The molecule has 5 N–H and O–H groups in total. The normalized spacial score (nSPS) is 23.6. The molecule has 10 nitrogen and oxygen atoms in total. The number of halogens is 2. The standard InChI is InChI=1S/C26H30ClFN8O2/c27-18-9-14(11-29)10-19(28)22(18)34-26-33-20-13-32-25(31-12-16-3-1-2-4-21(16)37)35-24(20)36(26)17-7-5-15(6-8-17)23(30)38/h9-10,13,15-17,21,37H,1-8,12H2,(H2,30,38)(H,33,34)(H,31,32,35)/t15-,16-,17+,21-/m0/s1. The molecule has 1 amide bonds. The molecule has 0 unspecified atom stereocenters. The fourth-order valence-corrected chi connectivity index (χ4v) is 5.80. The molecule has 0 radical (unpaired) electrons. The van der Waals surface area contributed by atoms with Crippen LogP contribution in [0.2, 0.25) is 5.02 Å². The fraction of sp³-hybridized carbons (Fsp3) is 0.500. The fourth-order valence-electron chi connectivity index (χ4n) is 5.55. The Bertz CT molecular complexity index is 1360. The maximum atomic E-state index is 14.9. The Labute approximate surface area is 224 Å². The van der Waals surface area contributed by atoms with Crippen molar-refractivity contribution in [2.75, 3.05) is 17.2 Å². The maximum Gasteiger partial charge on any atom is 0.224 e. The van der Waals surface area contributed by atoms with Gasteiger partial charge in [0.05, 0.1) is 34.6 Å². The number of nitrogens with zero attached hydrogens (tertiary/aromatic N) is 5. The number of aliphatic hydroxyl groups excluding tert-OH is 1. The summed E-state index contributed by atoms with van der Waals surface area (Å²) in [6.07, 6.45) is 7.73. The monoisotopic (exact) mass is 540 g/mol. The molecule has 0 bridgehead atoms. The molecular formula is C26H30ClFN8O2. The first kappa shape index (κ1) is 26.1. The number of nitrogens with one attached hydrogen (secondary N) is 2. The molecule has 0 saturated heterocycles. The quantitative estimate of drug-likeness (QED) is 0.343. The van der Waals surface area contributed by atoms with E-state index in [1.54, 1.807) is 6.20 Å². The predicted octanol–water partition coefficient (Wildman–Crippen LogP) is 4.41. The number of amides is 1. The van der Waals surface area contributed by atoms with E-state index in [2.05, 4.69) is 20.6 Å². The summed E-state index contributed by atoms with van der Waals surface area (Å²) >= 11 is 6.31. The molecular weight excluding hydrogens is 511 g/mol. The third-order valence-electron chi connectivity index (χ3n) is 7.70. The number of nitrogens with two attached hydrogens (primary N) is 1. The first-order chi connectivity index (χ1) is 18.3. The second-order valence-corrected chi connectivity index (χ2v) is 10.6. The molecule has 2 fully saturated rings. The second kappa shape index (κ2) is 11.1. The summed E-state index contributed by atoms with van der Waals surface area (Å²) in [5, 5.41) is 25.8. The van der Waals surface area contributed by atoms with Crippen molar-refractivity contribution < 1.29 is 14.3 Å². The van der Waals surface area contributed by atoms with Crippen molar-refractivity contribution in [3.63, 3.8) is 0 Å². The molecule has 5 rings (SSSR count). The van der Waals surface area contributed by atoms with Crippen LogP contribution in [0.25, 0.3) is 11.2 Å². The van der Waals surface area contributed by atoms with Crippen molar-refractivity contribution in [1.82, 2.24) is 19.5 Å². The molecule has 38 heavy (non-hydrogen) atoms. The Morgan fingerprint density at radius 1 is 1.21 bits per heavy atom. The zero-order chi connectivity index (χ0) is 26.8. The van der Waals surface area contributed by atoms with Crippen LogP contribution in [-0.2, 0) is 4.79 Å². The van der Waals surface area contributed by atoms with Gasteiger partial charge < -0.3 is 21.5 Å². The maximum absolute atomic E-state index is 14.9. The summed E-state index contributed by atoms with van der Waals surface area (Å²) in [6.45, 7) is 0.557. The number of hydrogen-bond donors (Lipinski definition) is 4. The lowest BCUT2D eigenvalue weighted by molar-refractivity contribution is -0.122. The smallest absolute Gasteiger partial charge is 0.224 e. The molecule has 0 aliphatic heterocycles. The third-order valence-corrected chi connectivity index (χ3v) is 7.99. The highest BCUT2D eigenvalue weighted by molar-refractivity contribution is 6.33. The van der Waals surface area contributed by atoms with Crippen LogP contribution in [0.4, 0.5) is 22.0 Å². The van der Waals surface area contributed by atoms with Crippen LogP contribution in [0.3, 0.4) is 0 Å². The van der Waals surface area contributed by atoms with Crippen LogP contribution >= 0.6 is 11.6 Å². The molecule has 12 heteroatoms. The lowest BCUT2D eigenvalue weighted by Gasteiger charge is -2.29. The van der Waals surface area contributed by atoms with E-state index in [4.69, 9.17) is 27.6 Å². The molecule has 2 saturated carbocycles. The predicted molar refractivity (Wildman–Crippen MR) is 141 cm³/mol. The molecule has 0 spiro atoms. The van der Waals surface area contributed by atoms with Gasteiger partial charge in [-0.1, -0.05) is 24.4 Å². The highest BCUT2D eigenvalue weighted by Gasteiger charge is 2.30. The van der Waals surface area contributed by atoms with Crippen molar-refractivity contribution in [3.8, 4) is 6.07 Å². The van der Waals surface area contributed by atoms with Gasteiger partial charge >= 0.3 is 0 Å². The number of aromatic nitrogens is 4. The average molecular weight is 541 g/mol. The summed E-state index contributed by atoms with van der Waals surface area (Å²) < 4.78 is 16.8. The van der Waals surface area contributed by atoms with E-state index in [1.165, 1.54) is 6.07 Å². The minimum Gasteiger partial charge on any atom is -0.393 e. The molecule has 200 valence electrons. The number of nitriles is 1. The van der Waals surface area contributed by atoms with Gasteiger partial charge in [-0.2, -0.15) is 10.2 Å². The van der Waals surface area contributed by atoms with E-state index >= 15 is 0 Å². The lowest BCUT2D eigenvalue weighted by atomic mass is 9.85. The Balaban J connectivity index is 1.48. The number of carbonyl (C=O) groups excluding carboxylic acids is 1. The number of imidazole rings is 1. The Hall–Kier alpha value is -3.49. The van der Waals surface area contributed by atoms with Gasteiger partial charge in [-0.05, 0) is 50.7 Å². The number of anilines is 3. The SMILES string of the molecule is N#Cc1cc(F)c(Nc2nc3cnc(NC[C@@H]4CCCC[C@@H]4O)nc3n2[C@H]2CC[C@@H](C(N)=O)CC2)c(Cl)c1. The van der Waals surface area contributed by atoms with E-state index in [9.17, 15) is 14.3 Å². The van der Waals surface area contributed by atoms with Crippen LogP contribution in [0.1, 0.15) is 63.0 Å². The summed E-state index contributed by atoms with van der Waals surface area (Å²) in [5.41, 5.74) is 6.73. The van der Waals surface area contributed by atoms with Crippen molar-refractivity contribution in [2.45, 2.75) is 63.5 Å². The molecule has 1 aromatic carbocycles. The topological polar surface area (TPSA) is 155 Å². The van der Waals surface area contributed by atoms with Crippen molar-refractivity contribution in [2.24, 2.45) is 17.6 Å². The molecule has 3 aromatic rings. The van der Waals surface area contributed by atoms with Crippen molar-refractivity contribution in [1.29, 1.82) is 5.26 Å². The van der Waals surface area contributed by atoms with Crippen LogP contribution < -0.4 is 16.4 Å². The van der Waals surface area contributed by atoms with Gasteiger partial charge in [-0.15, -0.1) is 0 Å². The highest BCUT2D eigenvalue weighted by atomic mass is 35.5. The number of carbonyl (C=O) groups is 1. The minimum atomic E-state index is -0.676. The number of benzene rings is 1. The first-order valence-corrected chi connectivity index (χ1v) is 13.3. The van der Waals surface area contributed by atoms with Crippen LogP contribution in [-0.4, -0.2) is 43.2 Å². The van der Waals surface area contributed by atoms with Gasteiger partial charge in [0.1, 0.15) is 11.3 Å². The summed E-state index contributed by atoms with van der Waals surface area (Å²) in [4.78, 5) is 25.5. The van der Waals surface area contributed by atoms with E-state index in [0.29, 0.717) is 55.3 Å². The lowest BCUT2D eigenvalue weighted by Crippen LogP contribution is -2.30. The van der Waals surface area contributed by atoms with E-state index < -0.39 is 5.82 Å². The number of primary amides is 1.